The third-order valence-electron chi connectivity index (χ3n) is 2.58. The number of aromatic nitrogens is 2. The summed E-state index contributed by atoms with van der Waals surface area (Å²) in [6.45, 7) is 1.88. The van der Waals surface area contributed by atoms with Gasteiger partial charge in [0.05, 0.1) is 11.7 Å². The molecular weight excluding hydrogens is 166 g/mol. The van der Waals surface area contributed by atoms with Crippen LogP contribution in [-0.4, -0.2) is 21.1 Å². The van der Waals surface area contributed by atoms with Gasteiger partial charge in [0.2, 0.25) is 5.78 Å². The predicted octanol–water partition coefficient (Wildman–Crippen LogP) is 0.403. The highest BCUT2D eigenvalue weighted by Gasteiger charge is 2.47. The molecule has 0 saturated heterocycles. The number of hydrogen-bond donors (Lipinski definition) is 1. The Kier molecular flexibility index (Phi) is 1.57. The maximum Gasteiger partial charge on any atom is 0.200 e. The van der Waals surface area contributed by atoms with Crippen molar-refractivity contribution in [3.8, 4) is 0 Å². The summed E-state index contributed by atoms with van der Waals surface area (Å²) in [5, 5.41) is 4.02. The molecule has 1 aromatic heterocycles. The number of carbonyl (C=O) groups is 1. The number of nitrogens with two attached hydrogens (primary N) is 1. The van der Waals surface area contributed by atoms with Gasteiger partial charge in [-0.3, -0.25) is 9.48 Å². The molecule has 2 N–H and O–H groups in total. The van der Waals surface area contributed by atoms with Crippen LogP contribution in [0.1, 0.15) is 28.9 Å². The van der Waals surface area contributed by atoms with Crippen LogP contribution in [0.3, 0.4) is 0 Å². The molecule has 0 aromatic carbocycles. The first kappa shape index (κ1) is 8.44. The zero-order chi connectivity index (χ0) is 9.64. The zero-order valence-corrected chi connectivity index (χ0v) is 7.87. The molecule has 1 aliphatic rings. The smallest absolute Gasteiger partial charge is 0.200 e. The summed E-state index contributed by atoms with van der Waals surface area (Å²) < 4.78 is 1.60. The van der Waals surface area contributed by atoms with Crippen LogP contribution in [0.25, 0.3) is 0 Å². The van der Waals surface area contributed by atoms with Gasteiger partial charge in [0, 0.05) is 7.05 Å². The van der Waals surface area contributed by atoms with Crippen LogP contribution in [0.4, 0.5) is 0 Å². The second-order valence-corrected chi connectivity index (χ2v) is 3.79. The second kappa shape index (κ2) is 2.42. The largest absolute Gasteiger partial charge is 0.319 e. The minimum absolute atomic E-state index is 0.0324. The molecule has 13 heavy (non-hydrogen) atoms. The van der Waals surface area contributed by atoms with E-state index in [-0.39, 0.29) is 5.78 Å². The van der Waals surface area contributed by atoms with Crippen LogP contribution < -0.4 is 5.73 Å². The third-order valence-corrected chi connectivity index (χ3v) is 2.58. The number of carbonyl (C=O) groups excluding carboxylic acids is 1. The van der Waals surface area contributed by atoms with Gasteiger partial charge in [0.1, 0.15) is 5.69 Å². The topological polar surface area (TPSA) is 60.9 Å². The first-order valence-corrected chi connectivity index (χ1v) is 4.37. The fraction of sp³-hybridized carbons (Fsp3) is 0.556. The van der Waals surface area contributed by atoms with Gasteiger partial charge in [-0.1, -0.05) is 0 Å². The van der Waals surface area contributed by atoms with E-state index in [2.05, 4.69) is 5.10 Å². The Morgan fingerprint density at radius 1 is 1.69 bits per heavy atom. The lowest BCUT2D eigenvalue weighted by molar-refractivity contribution is 0.0939. The molecule has 70 valence electrons. The Balaban J connectivity index is 2.40. The quantitative estimate of drug-likeness (QED) is 0.668. The molecule has 0 atom stereocenters. The van der Waals surface area contributed by atoms with E-state index in [0.717, 1.165) is 18.4 Å². The van der Waals surface area contributed by atoms with E-state index in [0.29, 0.717) is 5.69 Å². The lowest BCUT2D eigenvalue weighted by atomic mass is 10.1. The van der Waals surface area contributed by atoms with Crippen molar-refractivity contribution >= 4 is 5.78 Å². The van der Waals surface area contributed by atoms with Crippen molar-refractivity contribution in [3.05, 3.63) is 17.5 Å². The molecule has 0 radical (unpaired) electrons. The molecule has 1 heterocycles. The Labute approximate surface area is 76.7 Å². The summed E-state index contributed by atoms with van der Waals surface area (Å²) in [6, 6.07) is 0. The maximum atomic E-state index is 11.8. The summed E-state index contributed by atoms with van der Waals surface area (Å²) in [6.07, 6.45) is 3.30. The van der Waals surface area contributed by atoms with Gasteiger partial charge in [-0.15, -0.1) is 0 Å². The van der Waals surface area contributed by atoms with Crippen LogP contribution in [0.5, 0.6) is 0 Å². The summed E-state index contributed by atoms with van der Waals surface area (Å²) in [7, 11) is 1.77. The predicted molar refractivity (Wildman–Crippen MR) is 48.4 cm³/mol. The standard InChI is InChI=1S/C9H13N3O/c1-6-5-11-12(2)7(6)8(13)9(10)3-4-9/h5H,3-4,10H2,1-2H3. The van der Waals surface area contributed by atoms with Gasteiger partial charge >= 0.3 is 0 Å². The maximum absolute atomic E-state index is 11.8. The van der Waals surface area contributed by atoms with Gasteiger partial charge in [-0.2, -0.15) is 5.10 Å². The molecule has 1 aromatic rings. The summed E-state index contributed by atoms with van der Waals surface area (Å²) >= 11 is 0. The van der Waals surface area contributed by atoms with Crippen LogP contribution in [-0.2, 0) is 7.05 Å². The van der Waals surface area contributed by atoms with E-state index in [9.17, 15) is 4.79 Å². The molecule has 0 amide bonds. The van der Waals surface area contributed by atoms with Crippen LogP contribution in [0, 0.1) is 6.92 Å². The minimum Gasteiger partial charge on any atom is -0.319 e. The molecule has 1 fully saturated rings. The molecule has 4 heteroatoms. The number of hydrogen-bond acceptors (Lipinski definition) is 3. The fourth-order valence-corrected chi connectivity index (χ4v) is 1.47. The van der Waals surface area contributed by atoms with E-state index in [4.69, 9.17) is 5.73 Å². The van der Waals surface area contributed by atoms with Crippen LogP contribution in [0.15, 0.2) is 6.20 Å². The highest BCUT2D eigenvalue weighted by atomic mass is 16.1. The highest BCUT2D eigenvalue weighted by Crippen LogP contribution is 2.35. The molecule has 2 rings (SSSR count). The minimum atomic E-state index is -0.585. The molecule has 0 spiro atoms. The number of aryl methyl sites for hydroxylation is 2. The first-order chi connectivity index (χ1) is 6.04. The van der Waals surface area contributed by atoms with Gasteiger partial charge in [-0.25, -0.2) is 0 Å². The van der Waals surface area contributed by atoms with E-state index >= 15 is 0 Å². The van der Waals surface area contributed by atoms with Crippen molar-refractivity contribution in [1.29, 1.82) is 0 Å². The van der Waals surface area contributed by atoms with Crippen molar-refractivity contribution < 1.29 is 4.79 Å². The molecule has 1 saturated carbocycles. The molecule has 0 aliphatic heterocycles. The number of Topliss-reactive ketones (excluding diaryl/α,β-unsaturated/α-hetero) is 1. The van der Waals surface area contributed by atoms with Crippen molar-refractivity contribution in [1.82, 2.24) is 9.78 Å². The first-order valence-electron chi connectivity index (χ1n) is 4.37. The molecule has 0 unspecified atom stereocenters. The Hall–Kier alpha value is -1.16. The second-order valence-electron chi connectivity index (χ2n) is 3.79. The van der Waals surface area contributed by atoms with E-state index in [1.54, 1.807) is 17.9 Å². The van der Waals surface area contributed by atoms with E-state index in [1.165, 1.54) is 0 Å². The fourth-order valence-electron chi connectivity index (χ4n) is 1.47. The Bertz CT molecular complexity index is 343. The van der Waals surface area contributed by atoms with Crippen LogP contribution in [0.2, 0.25) is 0 Å². The van der Waals surface area contributed by atoms with E-state index in [1.807, 2.05) is 6.92 Å². The molecular formula is C9H13N3O. The van der Waals surface area contributed by atoms with Crippen molar-refractivity contribution in [2.24, 2.45) is 12.8 Å². The zero-order valence-electron chi connectivity index (χ0n) is 7.87. The number of nitrogens with zero attached hydrogens (tertiary/aromatic N) is 2. The van der Waals surface area contributed by atoms with Gasteiger partial charge in [0.15, 0.2) is 0 Å². The lowest BCUT2D eigenvalue weighted by Gasteiger charge is -2.08. The van der Waals surface area contributed by atoms with Crippen molar-refractivity contribution in [3.63, 3.8) is 0 Å². The normalized spacial score (nSPS) is 18.7. The number of ketones is 1. The molecule has 1 aliphatic carbocycles. The van der Waals surface area contributed by atoms with Gasteiger partial charge in [0.25, 0.3) is 0 Å². The Morgan fingerprint density at radius 3 is 2.69 bits per heavy atom. The van der Waals surface area contributed by atoms with Gasteiger partial charge in [-0.05, 0) is 25.3 Å². The SMILES string of the molecule is Cc1cnn(C)c1C(=O)C1(N)CC1. The highest BCUT2D eigenvalue weighted by molar-refractivity contribution is 6.04. The van der Waals surface area contributed by atoms with Crippen LogP contribution >= 0.6 is 0 Å². The average molecular weight is 179 g/mol. The number of rotatable bonds is 2. The summed E-state index contributed by atoms with van der Waals surface area (Å²) in [5.41, 5.74) is 6.80. The van der Waals surface area contributed by atoms with Crippen molar-refractivity contribution in [2.75, 3.05) is 0 Å². The molecule has 0 bridgehead atoms. The summed E-state index contributed by atoms with van der Waals surface area (Å²) in [4.78, 5) is 11.8. The summed E-state index contributed by atoms with van der Waals surface area (Å²) in [5.74, 6) is 0.0324. The van der Waals surface area contributed by atoms with Crippen molar-refractivity contribution in [2.45, 2.75) is 25.3 Å². The Morgan fingerprint density at radius 2 is 2.31 bits per heavy atom. The van der Waals surface area contributed by atoms with Gasteiger partial charge < -0.3 is 5.73 Å². The lowest BCUT2D eigenvalue weighted by Crippen LogP contribution is -2.34. The average Bonchev–Trinajstić information content (AvgIpc) is 2.73. The monoisotopic (exact) mass is 179 g/mol. The molecule has 4 nitrogen and oxygen atoms in total. The third kappa shape index (κ3) is 1.18. The van der Waals surface area contributed by atoms with E-state index < -0.39 is 5.54 Å².